The maximum atomic E-state index is 13.4. The third-order valence-electron chi connectivity index (χ3n) is 5.86. The fraction of sp³-hybridized carbons (Fsp3) is 0.650. The first kappa shape index (κ1) is 23.1. The van der Waals surface area contributed by atoms with Gasteiger partial charge in [0.15, 0.2) is 0 Å². The Balaban J connectivity index is 0.00000280. The van der Waals surface area contributed by atoms with Gasteiger partial charge < -0.3 is 4.90 Å². The summed E-state index contributed by atoms with van der Waals surface area (Å²) in [5, 5.41) is 0. The Labute approximate surface area is 175 Å². The number of benzene rings is 1. The van der Waals surface area contributed by atoms with Crippen LogP contribution in [-0.2, 0) is 14.8 Å². The van der Waals surface area contributed by atoms with Gasteiger partial charge in [-0.2, -0.15) is 4.72 Å². The largest absolute Gasteiger partial charge is 0.340 e. The van der Waals surface area contributed by atoms with Gasteiger partial charge in [-0.3, -0.25) is 9.69 Å². The van der Waals surface area contributed by atoms with E-state index in [0.29, 0.717) is 11.6 Å². The number of nitrogens with zero attached hydrogens (tertiary/aromatic N) is 2. The van der Waals surface area contributed by atoms with E-state index in [-0.39, 0.29) is 24.4 Å². The lowest BCUT2D eigenvalue weighted by molar-refractivity contribution is -0.136. The van der Waals surface area contributed by atoms with Crippen molar-refractivity contribution >= 4 is 28.3 Å². The van der Waals surface area contributed by atoms with E-state index in [9.17, 15) is 13.2 Å². The SMILES string of the molecule is CN(C(=O)C(NS(C)(=O)=O)c1ccccc1)C1CCCCC1N1CCCC1.Cl. The zero-order valence-electron chi connectivity index (χ0n) is 16.7. The van der Waals surface area contributed by atoms with Gasteiger partial charge in [-0.05, 0) is 44.3 Å². The van der Waals surface area contributed by atoms with Crippen LogP contribution in [0.5, 0.6) is 0 Å². The van der Waals surface area contributed by atoms with Crippen molar-refractivity contribution in [1.29, 1.82) is 0 Å². The fourth-order valence-electron chi connectivity index (χ4n) is 4.53. The zero-order valence-corrected chi connectivity index (χ0v) is 18.3. The van der Waals surface area contributed by atoms with E-state index in [2.05, 4.69) is 9.62 Å². The van der Waals surface area contributed by atoms with Crippen LogP contribution < -0.4 is 4.72 Å². The van der Waals surface area contributed by atoms with E-state index in [1.807, 2.05) is 25.2 Å². The fourth-order valence-corrected chi connectivity index (χ4v) is 5.20. The van der Waals surface area contributed by atoms with Crippen molar-refractivity contribution in [2.75, 3.05) is 26.4 Å². The molecule has 0 bridgehead atoms. The first-order valence-electron chi connectivity index (χ1n) is 9.90. The van der Waals surface area contributed by atoms with Gasteiger partial charge in [-0.1, -0.05) is 43.2 Å². The van der Waals surface area contributed by atoms with E-state index in [0.717, 1.165) is 38.6 Å². The maximum Gasteiger partial charge on any atom is 0.245 e. The van der Waals surface area contributed by atoms with Crippen LogP contribution in [0.4, 0.5) is 0 Å². The van der Waals surface area contributed by atoms with Crippen molar-refractivity contribution in [2.45, 2.75) is 56.7 Å². The lowest BCUT2D eigenvalue weighted by Gasteiger charge is -2.43. The summed E-state index contributed by atoms with van der Waals surface area (Å²) in [5.74, 6) is -0.178. The third-order valence-corrected chi connectivity index (χ3v) is 6.52. The van der Waals surface area contributed by atoms with Gasteiger partial charge in [0, 0.05) is 19.1 Å². The molecule has 3 rings (SSSR count). The average molecular weight is 430 g/mol. The van der Waals surface area contributed by atoms with Crippen LogP contribution in [0.1, 0.15) is 50.1 Å². The molecule has 0 radical (unpaired) electrons. The molecule has 1 heterocycles. The Morgan fingerprint density at radius 3 is 2.32 bits per heavy atom. The molecule has 8 heteroatoms. The number of halogens is 1. The van der Waals surface area contributed by atoms with E-state index >= 15 is 0 Å². The molecule has 1 saturated heterocycles. The minimum absolute atomic E-state index is 0. The first-order valence-corrected chi connectivity index (χ1v) is 11.8. The van der Waals surface area contributed by atoms with Gasteiger partial charge in [-0.25, -0.2) is 8.42 Å². The van der Waals surface area contributed by atoms with Crippen LogP contribution in [0.15, 0.2) is 30.3 Å². The molecule has 1 aromatic rings. The molecule has 1 aliphatic carbocycles. The number of sulfonamides is 1. The molecule has 6 nitrogen and oxygen atoms in total. The van der Waals surface area contributed by atoms with Crippen LogP contribution in [0.3, 0.4) is 0 Å². The summed E-state index contributed by atoms with van der Waals surface area (Å²) in [5.41, 5.74) is 0.674. The molecule has 1 saturated carbocycles. The van der Waals surface area contributed by atoms with E-state index in [4.69, 9.17) is 0 Å². The molecular formula is C20H32ClN3O3S. The summed E-state index contributed by atoms with van der Waals surface area (Å²) in [6, 6.07) is 8.75. The summed E-state index contributed by atoms with van der Waals surface area (Å²) >= 11 is 0. The highest BCUT2D eigenvalue weighted by molar-refractivity contribution is 7.88. The molecule has 1 aliphatic heterocycles. The molecule has 2 aliphatic rings. The molecule has 158 valence electrons. The minimum Gasteiger partial charge on any atom is -0.340 e. The topological polar surface area (TPSA) is 69.7 Å². The second-order valence-corrected chi connectivity index (χ2v) is 9.63. The predicted molar refractivity (Wildman–Crippen MR) is 114 cm³/mol. The van der Waals surface area contributed by atoms with Gasteiger partial charge in [0.2, 0.25) is 15.9 Å². The van der Waals surface area contributed by atoms with Gasteiger partial charge in [-0.15, -0.1) is 12.4 Å². The Bertz CT molecular complexity index is 738. The predicted octanol–water partition coefficient (Wildman–Crippen LogP) is 2.56. The number of likely N-dealkylation sites (N-methyl/N-ethyl adjacent to an activating group) is 1. The molecule has 1 N–H and O–H groups in total. The van der Waals surface area contributed by atoms with Crippen LogP contribution in [0, 0.1) is 0 Å². The maximum absolute atomic E-state index is 13.4. The van der Waals surface area contributed by atoms with Crippen LogP contribution in [0.2, 0.25) is 0 Å². The normalized spacial score (nSPS) is 24.4. The number of likely N-dealkylation sites (tertiary alicyclic amines) is 1. The number of rotatable bonds is 6. The van der Waals surface area contributed by atoms with Crippen molar-refractivity contribution < 1.29 is 13.2 Å². The second kappa shape index (κ2) is 10.1. The third kappa shape index (κ3) is 5.69. The van der Waals surface area contributed by atoms with E-state index in [1.165, 1.54) is 19.3 Å². The molecule has 0 spiro atoms. The summed E-state index contributed by atoms with van der Waals surface area (Å²) in [4.78, 5) is 17.7. The van der Waals surface area contributed by atoms with Gasteiger partial charge in [0.25, 0.3) is 0 Å². The smallest absolute Gasteiger partial charge is 0.245 e. The molecule has 3 atom stereocenters. The Kier molecular flexibility index (Phi) is 8.30. The molecule has 3 unspecified atom stereocenters. The highest BCUT2D eigenvalue weighted by Crippen LogP contribution is 2.30. The highest BCUT2D eigenvalue weighted by atomic mass is 35.5. The summed E-state index contributed by atoms with van der Waals surface area (Å²) < 4.78 is 26.3. The molecule has 2 fully saturated rings. The van der Waals surface area contributed by atoms with Crippen LogP contribution in [0.25, 0.3) is 0 Å². The minimum atomic E-state index is -3.52. The van der Waals surface area contributed by atoms with E-state index in [1.54, 1.807) is 17.0 Å². The lowest BCUT2D eigenvalue weighted by atomic mass is 9.88. The van der Waals surface area contributed by atoms with Gasteiger partial charge in [0.1, 0.15) is 6.04 Å². The van der Waals surface area contributed by atoms with Crippen molar-refractivity contribution in [3.63, 3.8) is 0 Å². The molecule has 0 aromatic heterocycles. The monoisotopic (exact) mass is 429 g/mol. The number of carbonyl (C=O) groups excluding carboxylic acids is 1. The van der Waals surface area contributed by atoms with Gasteiger partial charge in [0.05, 0.1) is 6.26 Å². The quantitative estimate of drug-likeness (QED) is 0.754. The highest BCUT2D eigenvalue weighted by Gasteiger charge is 2.38. The van der Waals surface area contributed by atoms with Crippen LogP contribution in [-0.4, -0.2) is 62.6 Å². The van der Waals surface area contributed by atoms with Crippen molar-refractivity contribution in [3.8, 4) is 0 Å². The number of hydrogen-bond donors (Lipinski definition) is 1. The molecule has 1 aromatic carbocycles. The van der Waals surface area contributed by atoms with Crippen molar-refractivity contribution in [3.05, 3.63) is 35.9 Å². The summed E-state index contributed by atoms with van der Waals surface area (Å²) in [7, 11) is -1.68. The Morgan fingerprint density at radius 1 is 1.11 bits per heavy atom. The van der Waals surface area contributed by atoms with E-state index < -0.39 is 16.1 Å². The average Bonchev–Trinajstić information content (AvgIpc) is 3.19. The Hall–Kier alpha value is -1.15. The van der Waals surface area contributed by atoms with Gasteiger partial charge >= 0.3 is 0 Å². The second-order valence-electron chi connectivity index (χ2n) is 7.85. The number of carbonyl (C=O) groups is 1. The standard InChI is InChI=1S/C20H31N3O3S.ClH/c1-22(17-12-6-7-13-18(17)23-14-8-9-15-23)20(24)19(21-27(2,25)26)16-10-4-3-5-11-16;/h3-5,10-11,17-19,21H,6-9,12-15H2,1-2H3;1H. The molecular weight excluding hydrogens is 398 g/mol. The molecule has 1 amide bonds. The summed E-state index contributed by atoms with van der Waals surface area (Å²) in [6.07, 6.45) is 7.95. The number of hydrogen-bond acceptors (Lipinski definition) is 4. The van der Waals surface area contributed by atoms with Crippen LogP contribution >= 0.6 is 12.4 Å². The zero-order chi connectivity index (χ0) is 19.4. The molecule has 28 heavy (non-hydrogen) atoms. The lowest BCUT2D eigenvalue weighted by Crippen LogP contribution is -2.55. The first-order chi connectivity index (χ1) is 12.9. The van der Waals surface area contributed by atoms with Crippen molar-refractivity contribution in [1.82, 2.24) is 14.5 Å². The Morgan fingerprint density at radius 2 is 1.71 bits per heavy atom. The van der Waals surface area contributed by atoms with Crippen molar-refractivity contribution in [2.24, 2.45) is 0 Å². The number of amides is 1. The summed E-state index contributed by atoms with van der Waals surface area (Å²) in [6.45, 7) is 2.21. The number of nitrogens with one attached hydrogen (secondary N) is 1.